The molecule has 0 saturated heterocycles. The molecule has 0 fully saturated rings. The number of ether oxygens (including phenoxy) is 2. The molecule has 2 rings (SSSR count). The van der Waals surface area contributed by atoms with E-state index in [0.717, 1.165) is 35.5 Å². The van der Waals surface area contributed by atoms with Crippen molar-refractivity contribution in [2.75, 3.05) is 19.8 Å². The lowest BCUT2D eigenvalue weighted by molar-refractivity contribution is 0.286. The second kappa shape index (κ2) is 11.8. The minimum absolute atomic E-state index is 0. The number of hydrogen-bond acceptors (Lipinski definition) is 3. The summed E-state index contributed by atoms with van der Waals surface area (Å²) in [4.78, 5) is 0. The maximum atomic E-state index is 5.72. The van der Waals surface area contributed by atoms with E-state index >= 15 is 0 Å². The molecule has 0 bridgehead atoms. The van der Waals surface area contributed by atoms with Crippen LogP contribution in [-0.2, 0) is 6.54 Å². The zero-order valence-corrected chi connectivity index (χ0v) is 17.1. The largest absolute Gasteiger partial charge is 0.490 e. The van der Waals surface area contributed by atoms with Gasteiger partial charge in [-0.15, -0.1) is 12.4 Å². The molecule has 136 valence electrons. The van der Waals surface area contributed by atoms with Crippen molar-refractivity contribution in [2.24, 2.45) is 0 Å². The molecule has 0 atom stereocenters. The molecule has 0 aromatic heterocycles. The molecule has 0 saturated carbocycles. The monoisotopic (exact) mass is 417 g/mol. The van der Waals surface area contributed by atoms with E-state index in [2.05, 4.69) is 39.5 Å². The highest BCUT2D eigenvalue weighted by Crippen LogP contribution is 2.37. The summed E-state index contributed by atoms with van der Waals surface area (Å²) in [6, 6.07) is 4.19. The fraction of sp³-hybridized carbons (Fsp3) is 0.579. The van der Waals surface area contributed by atoms with Crippen molar-refractivity contribution in [2.45, 2.75) is 52.5 Å². The van der Waals surface area contributed by atoms with Crippen LogP contribution in [0.25, 0.3) is 0 Å². The number of benzene rings is 1. The predicted octanol–water partition coefficient (Wildman–Crippen LogP) is 5.65. The van der Waals surface area contributed by atoms with Crippen molar-refractivity contribution in [1.29, 1.82) is 0 Å². The number of halogens is 2. The molecule has 5 heteroatoms. The molecule has 0 heterocycles. The molecule has 0 radical (unpaired) electrons. The summed E-state index contributed by atoms with van der Waals surface area (Å²) in [5, 5.41) is 3.54. The van der Waals surface area contributed by atoms with Gasteiger partial charge in [0.15, 0.2) is 11.5 Å². The Kier molecular flexibility index (Phi) is 10.5. The molecule has 1 aromatic rings. The van der Waals surface area contributed by atoms with Crippen LogP contribution < -0.4 is 14.8 Å². The van der Waals surface area contributed by atoms with Crippen LogP contribution in [0.5, 0.6) is 11.5 Å². The quantitative estimate of drug-likeness (QED) is 0.415. The van der Waals surface area contributed by atoms with Gasteiger partial charge in [-0.2, -0.15) is 0 Å². The summed E-state index contributed by atoms with van der Waals surface area (Å²) in [5.41, 5.74) is 2.83. The second-order valence-electron chi connectivity index (χ2n) is 5.81. The van der Waals surface area contributed by atoms with Crippen molar-refractivity contribution in [1.82, 2.24) is 5.32 Å². The van der Waals surface area contributed by atoms with E-state index in [1.807, 2.05) is 13.8 Å². The van der Waals surface area contributed by atoms with E-state index in [1.165, 1.54) is 31.2 Å². The molecule has 0 unspecified atom stereocenters. The molecule has 3 nitrogen and oxygen atoms in total. The lowest BCUT2D eigenvalue weighted by Gasteiger charge is -2.15. The Labute approximate surface area is 160 Å². The van der Waals surface area contributed by atoms with Crippen molar-refractivity contribution in [3.8, 4) is 11.5 Å². The van der Waals surface area contributed by atoms with Gasteiger partial charge in [-0.3, -0.25) is 0 Å². The topological polar surface area (TPSA) is 30.5 Å². The maximum Gasteiger partial charge on any atom is 0.175 e. The number of allylic oxidation sites excluding steroid dienone is 1. The van der Waals surface area contributed by atoms with Gasteiger partial charge < -0.3 is 14.8 Å². The highest BCUT2D eigenvalue weighted by Gasteiger charge is 2.12. The highest BCUT2D eigenvalue weighted by molar-refractivity contribution is 9.10. The van der Waals surface area contributed by atoms with E-state index in [9.17, 15) is 0 Å². The van der Waals surface area contributed by atoms with Gasteiger partial charge in [-0.1, -0.05) is 11.6 Å². The van der Waals surface area contributed by atoms with Crippen LogP contribution in [0.4, 0.5) is 0 Å². The second-order valence-corrected chi connectivity index (χ2v) is 6.66. The minimum Gasteiger partial charge on any atom is -0.490 e. The fourth-order valence-corrected chi connectivity index (χ4v) is 3.49. The zero-order valence-electron chi connectivity index (χ0n) is 14.7. The molecule has 1 aliphatic rings. The predicted molar refractivity (Wildman–Crippen MR) is 107 cm³/mol. The van der Waals surface area contributed by atoms with Crippen LogP contribution in [-0.4, -0.2) is 19.8 Å². The van der Waals surface area contributed by atoms with Gasteiger partial charge in [0.2, 0.25) is 0 Å². The molecule has 1 N–H and O–H groups in total. The normalized spacial score (nSPS) is 13.9. The minimum atomic E-state index is 0. The van der Waals surface area contributed by atoms with Crippen LogP contribution in [0.3, 0.4) is 0 Å². The first-order valence-electron chi connectivity index (χ1n) is 8.71. The first kappa shape index (κ1) is 21.3. The smallest absolute Gasteiger partial charge is 0.175 e. The average Bonchev–Trinajstić information content (AvgIpc) is 2.56. The summed E-state index contributed by atoms with van der Waals surface area (Å²) in [7, 11) is 0. The fourth-order valence-electron chi connectivity index (χ4n) is 2.88. The van der Waals surface area contributed by atoms with E-state index in [0.29, 0.717) is 13.2 Å². The van der Waals surface area contributed by atoms with Gasteiger partial charge >= 0.3 is 0 Å². The van der Waals surface area contributed by atoms with Crippen LogP contribution in [0.2, 0.25) is 0 Å². The van der Waals surface area contributed by atoms with Crippen LogP contribution in [0.1, 0.15) is 51.5 Å². The van der Waals surface area contributed by atoms with E-state index < -0.39 is 0 Å². The molecule has 0 amide bonds. The average molecular weight is 419 g/mol. The number of rotatable bonds is 9. The lowest BCUT2D eigenvalue weighted by Crippen LogP contribution is -2.16. The number of nitrogens with one attached hydrogen (secondary N) is 1. The Morgan fingerprint density at radius 3 is 2.58 bits per heavy atom. The molecule has 1 aliphatic carbocycles. The summed E-state index contributed by atoms with van der Waals surface area (Å²) >= 11 is 3.60. The summed E-state index contributed by atoms with van der Waals surface area (Å²) in [6.07, 6.45) is 8.85. The number of hydrogen-bond donors (Lipinski definition) is 1. The van der Waals surface area contributed by atoms with E-state index in [-0.39, 0.29) is 12.4 Å². The summed E-state index contributed by atoms with van der Waals surface area (Å²) in [6.45, 7) is 7.12. The van der Waals surface area contributed by atoms with E-state index in [1.54, 1.807) is 5.57 Å². The Hall–Kier alpha value is -0.710. The molecule has 0 aliphatic heterocycles. The van der Waals surface area contributed by atoms with E-state index in [4.69, 9.17) is 9.47 Å². The first-order chi connectivity index (χ1) is 11.2. The van der Waals surface area contributed by atoms with Gasteiger partial charge in [0.1, 0.15) is 0 Å². The standard InChI is InChI=1S/C19H28BrNO2.ClH/c1-3-22-18-13-16(12-17(20)19(18)23-4-2)14-21-11-10-15-8-6-5-7-9-15;/h8,12-13,21H,3-7,9-11,14H2,1-2H3;1H. The molecular weight excluding hydrogens is 390 g/mol. The Morgan fingerprint density at radius 2 is 1.92 bits per heavy atom. The maximum absolute atomic E-state index is 5.72. The van der Waals surface area contributed by atoms with Crippen LogP contribution >= 0.6 is 28.3 Å². The van der Waals surface area contributed by atoms with Crippen molar-refractivity contribution in [3.63, 3.8) is 0 Å². The molecule has 24 heavy (non-hydrogen) atoms. The SMILES string of the molecule is CCOc1cc(CNCCC2=CCCCC2)cc(Br)c1OCC.Cl. The Balaban J connectivity index is 0.00000288. The van der Waals surface area contributed by atoms with Crippen molar-refractivity contribution >= 4 is 28.3 Å². The van der Waals surface area contributed by atoms with Crippen molar-refractivity contribution < 1.29 is 9.47 Å². The van der Waals surface area contributed by atoms with Gasteiger partial charge in [0.05, 0.1) is 17.7 Å². The van der Waals surface area contributed by atoms with Gasteiger partial charge in [0, 0.05) is 6.54 Å². The third-order valence-electron chi connectivity index (χ3n) is 3.99. The van der Waals surface area contributed by atoms with Gasteiger partial charge in [-0.05, 0) is 86.1 Å². The first-order valence-corrected chi connectivity index (χ1v) is 9.50. The van der Waals surface area contributed by atoms with Crippen LogP contribution in [0.15, 0.2) is 28.3 Å². The van der Waals surface area contributed by atoms with Crippen molar-refractivity contribution in [3.05, 3.63) is 33.8 Å². The summed E-state index contributed by atoms with van der Waals surface area (Å²) in [5.74, 6) is 1.61. The Morgan fingerprint density at radius 1 is 1.12 bits per heavy atom. The van der Waals surface area contributed by atoms with Gasteiger partial charge in [-0.25, -0.2) is 0 Å². The lowest BCUT2D eigenvalue weighted by atomic mass is 9.97. The van der Waals surface area contributed by atoms with Gasteiger partial charge in [0.25, 0.3) is 0 Å². The highest BCUT2D eigenvalue weighted by atomic mass is 79.9. The molecule has 0 spiro atoms. The Bertz CT molecular complexity index is 534. The zero-order chi connectivity index (χ0) is 16.5. The van der Waals surface area contributed by atoms with Crippen LogP contribution in [0, 0.1) is 0 Å². The third kappa shape index (κ3) is 6.66. The summed E-state index contributed by atoms with van der Waals surface area (Å²) < 4.78 is 12.4. The third-order valence-corrected chi connectivity index (χ3v) is 4.58. The molecule has 1 aromatic carbocycles. The molecular formula is C19H29BrClNO2.